The third-order valence-electron chi connectivity index (χ3n) is 5.54. The van der Waals surface area contributed by atoms with Gasteiger partial charge in [-0.2, -0.15) is 0 Å². The van der Waals surface area contributed by atoms with Crippen molar-refractivity contribution >= 4 is 46.0 Å². The van der Waals surface area contributed by atoms with E-state index in [0.717, 1.165) is 23.3 Å². The Morgan fingerprint density at radius 3 is 2.46 bits per heavy atom. The quantitative estimate of drug-likeness (QED) is 0.453. The highest BCUT2D eigenvalue weighted by Crippen LogP contribution is 2.31. The number of thioether (sulfide) groups is 1. The summed E-state index contributed by atoms with van der Waals surface area (Å²) < 4.78 is 5.23. The van der Waals surface area contributed by atoms with Crippen LogP contribution in [0.3, 0.4) is 0 Å². The number of nitrogens with one attached hydrogen (secondary N) is 1. The molecule has 1 N–H and O–H groups in total. The molecular formula is C27H26ClN3O3S. The second-order valence-electron chi connectivity index (χ2n) is 8.04. The molecule has 1 aliphatic rings. The molecule has 1 aliphatic heterocycles. The molecule has 1 heterocycles. The summed E-state index contributed by atoms with van der Waals surface area (Å²) in [6.07, 6.45) is 0.838. The van der Waals surface area contributed by atoms with Gasteiger partial charge in [0.15, 0.2) is 5.17 Å². The van der Waals surface area contributed by atoms with Gasteiger partial charge in [0.25, 0.3) is 0 Å². The maximum atomic E-state index is 13.2. The van der Waals surface area contributed by atoms with Crippen molar-refractivity contribution in [2.45, 2.75) is 24.6 Å². The average molecular weight is 508 g/mol. The molecule has 0 unspecified atom stereocenters. The monoisotopic (exact) mass is 507 g/mol. The highest BCUT2D eigenvalue weighted by molar-refractivity contribution is 8.15. The van der Waals surface area contributed by atoms with Crippen LogP contribution in [0.2, 0.25) is 5.02 Å². The van der Waals surface area contributed by atoms with Crippen molar-refractivity contribution in [1.29, 1.82) is 0 Å². The van der Waals surface area contributed by atoms with Gasteiger partial charge in [0, 0.05) is 18.0 Å². The zero-order valence-corrected chi connectivity index (χ0v) is 20.9. The Balaban J connectivity index is 1.49. The molecule has 0 bridgehead atoms. The lowest BCUT2D eigenvalue weighted by Gasteiger charge is -2.32. The first-order valence-electron chi connectivity index (χ1n) is 11.3. The van der Waals surface area contributed by atoms with Gasteiger partial charge in [-0.15, -0.1) is 0 Å². The molecule has 0 aliphatic carbocycles. The lowest BCUT2D eigenvalue weighted by atomic mass is 10.1. The number of halogens is 1. The second kappa shape index (κ2) is 11.9. The maximum Gasteiger partial charge on any atom is 0.234 e. The Morgan fingerprint density at radius 2 is 1.77 bits per heavy atom. The van der Waals surface area contributed by atoms with Gasteiger partial charge < -0.3 is 10.1 Å². The van der Waals surface area contributed by atoms with Crippen molar-refractivity contribution in [2.24, 2.45) is 4.99 Å². The van der Waals surface area contributed by atoms with Crippen LogP contribution in [0, 0.1) is 0 Å². The molecule has 6 nitrogen and oxygen atoms in total. The first-order valence-corrected chi connectivity index (χ1v) is 12.5. The second-order valence-corrected chi connectivity index (χ2v) is 9.64. The number of amides is 2. The van der Waals surface area contributed by atoms with E-state index in [1.54, 1.807) is 36.3 Å². The molecule has 2 amide bonds. The number of rotatable bonds is 8. The Kier molecular flexibility index (Phi) is 8.45. The van der Waals surface area contributed by atoms with Crippen LogP contribution in [0.25, 0.3) is 0 Å². The topological polar surface area (TPSA) is 71.0 Å². The molecule has 1 fully saturated rings. The number of hydrogen-bond acceptors (Lipinski definition) is 5. The summed E-state index contributed by atoms with van der Waals surface area (Å²) in [5.41, 5.74) is 2.75. The van der Waals surface area contributed by atoms with Gasteiger partial charge in [-0.05, 0) is 53.9 Å². The van der Waals surface area contributed by atoms with Crippen molar-refractivity contribution in [2.75, 3.05) is 13.7 Å². The predicted molar refractivity (Wildman–Crippen MR) is 141 cm³/mol. The van der Waals surface area contributed by atoms with E-state index in [-0.39, 0.29) is 18.2 Å². The fraction of sp³-hybridized carbons (Fsp3) is 0.222. The minimum absolute atomic E-state index is 0.109. The van der Waals surface area contributed by atoms with E-state index in [9.17, 15) is 9.59 Å². The third kappa shape index (κ3) is 6.87. The fourth-order valence-electron chi connectivity index (χ4n) is 3.62. The van der Waals surface area contributed by atoms with Crippen molar-refractivity contribution in [3.63, 3.8) is 0 Å². The van der Waals surface area contributed by atoms with Crippen LogP contribution in [0.5, 0.6) is 5.75 Å². The van der Waals surface area contributed by atoms with E-state index in [2.05, 4.69) is 5.32 Å². The maximum absolute atomic E-state index is 13.2. The molecule has 4 rings (SSSR count). The number of methoxy groups -OCH3 is 1. The zero-order valence-electron chi connectivity index (χ0n) is 19.3. The zero-order chi connectivity index (χ0) is 24.6. The smallest absolute Gasteiger partial charge is 0.234 e. The van der Waals surface area contributed by atoms with E-state index in [1.807, 2.05) is 54.6 Å². The van der Waals surface area contributed by atoms with E-state index < -0.39 is 5.25 Å². The van der Waals surface area contributed by atoms with Gasteiger partial charge in [0.1, 0.15) is 5.75 Å². The van der Waals surface area contributed by atoms with Crippen LogP contribution in [0.1, 0.15) is 17.5 Å². The summed E-state index contributed by atoms with van der Waals surface area (Å²) in [7, 11) is 1.61. The molecule has 8 heteroatoms. The molecule has 0 aromatic heterocycles. The van der Waals surface area contributed by atoms with Crippen LogP contribution in [0.4, 0.5) is 5.69 Å². The molecule has 0 spiro atoms. The van der Waals surface area contributed by atoms with Gasteiger partial charge in [-0.1, -0.05) is 65.8 Å². The lowest BCUT2D eigenvalue weighted by molar-refractivity contribution is -0.130. The molecular weight excluding hydrogens is 482 g/mol. The molecule has 0 saturated carbocycles. The summed E-state index contributed by atoms with van der Waals surface area (Å²) in [5, 5.41) is 3.52. The number of nitrogens with zero attached hydrogens (tertiary/aromatic N) is 2. The molecule has 35 heavy (non-hydrogen) atoms. The number of ether oxygens (including phenoxy) is 1. The largest absolute Gasteiger partial charge is 0.497 e. The molecule has 3 aromatic rings. The molecule has 1 atom stereocenters. The van der Waals surface area contributed by atoms with Crippen LogP contribution in [0.15, 0.2) is 83.9 Å². The Hall–Kier alpha value is -3.29. The first-order chi connectivity index (χ1) is 17.0. The molecule has 1 saturated heterocycles. The summed E-state index contributed by atoms with van der Waals surface area (Å²) in [5.74, 6) is 0.443. The van der Waals surface area contributed by atoms with Gasteiger partial charge in [0.05, 0.1) is 24.6 Å². The van der Waals surface area contributed by atoms with Crippen LogP contribution < -0.4 is 10.1 Å². The number of amidine groups is 1. The van der Waals surface area contributed by atoms with Gasteiger partial charge in [-0.3, -0.25) is 14.5 Å². The summed E-state index contributed by atoms with van der Waals surface area (Å²) in [4.78, 5) is 32.5. The number of carbonyl (C=O) groups is 2. The standard InChI is InChI=1S/C27H26ClN3O3S/c1-34-23-13-7-20(8-14-23)18-31-25(32)17-24(26(33)29-16-15-19-5-3-2-4-6-19)35-27(31)30-22-11-9-21(28)10-12-22/h2-14,24H,15-18H2,1H3,(H,29,33)/t24-/m1/s1. The number of aliphatic imine (C=N–C) groups is 1. The van der Waals surface area contributed by atoms with Crippen molar-refractivity contribution < 1.29 is 14.3 Å². The van der Waals surface area contributed by atoms with E-state index in [1.165, 1.54) is 11.8 Å². The predicted octanol–water partition coefficient (Wildman–Crippen LogP) is 5.23. The SMILES string of the molecule is COc1ccc(CN2C(=O)C[C@H](C(=O)NCCc3ccccc3)SC2=Nc2ccc(Cl)cc2)cc1. The van der Waals surface area contributed by atoms with Crippen molar-refractivity contribution in [3.05, 3.63) is 95.0 Å². The summed E-state index contributed by atoms with van der Waals surface area (Å²) in [6.45, 7) is 0.859. The minimum Gasteiger partial charge on any atom is -0.497 e. The van der Waals surface area contributed by atoms with Crippen LogP contribution >= 0.6 is 23.4 Å². The van der Waals surface area contributed by atoms with Crippen molar-refractivity contribution in [3.8, 4) is 5.75 Å². The minimum atomic E-state index is -0.545. The normalized spacial score (nSPS) is 16.9. The highest BCUT2D eigenvalue weighted by Gasteiger charge is 2.35. The first kappa shape index (κ1) is 24.8. The molecule has 180 valence electrons. The van der Waals surface area contributed by atoms with E-state index >= 15 is 0 Å². The number of hydrogen-bond donors (Lipinski definition) is 1. The summed E-state index contributed by atoms with van der Waals surface area (Å²) in [6, 6.07) is 24.6. The molecule has 0 radical (unpaired) electrons. The van der Waals surface area contributed by atoms with E-state index in [4.69, 9.17) is 21.3 Å². The number of carbonyl (C=O) groups excluding carboxylic acids is 2. The lowest BCUT2D eigenvalue weighted by Crippen LogP contribution is -2.46. The van der Waals surface area contributed by atoms with Gasteiger partial charge >= 0.3 is 0 Å². The van der Waals surface area contributed by atoms with Gasteiger partial charge in [0.2, 0.25) is 11.8 Å². The Morgan fingerprint density at radius 1 is 1.06 bits per heavy atom. The van der Waals surface area contributed by atoms with Crippen molar-refractivity contribution in [1.82, 2.24) is 10.2 Å². The Labute approximate surface area is 214 Å². The average Bonchev–Trinajstić information content (AvgIpc) is 2.88. The fourth-order valence-corrected chi connectivity index (χ4v) is 4.87. The summed E-state index contributed by atoms with van der Waals surface area (Å²) >= 11 is 7.32. The van der Waals surface area contributed by atoms with Crippen LogP contribution in [-0.2, 0) is 22.6 Å². The van der Waals surface area contributed by atoms with Crippen LogP contribution in [-0.4, -0.2) is 40.8 Å². The van der Waals surface area contributed by atoms with E-state index in [0.29, 0.717) is 29.0 Å². The van der Waals surface area contributed by atoms with Gasteiger partial charge in [-0.25, -0.2) is 4.99 Å². The highest BCUT2D eigenvalue weighted by atomic mass is 35.5. The number of benzene rings is 3. The Bertz CT molecular complexity index is 1180. The third-order valence-corrected chi connectivity index (χ3v) is 6.98. The molecule has 3 aromatic carbocycles.